The molecule has 0 aliphatic rings. The van der Waals surface area contributed by atoms with E-state index in [0.717, 1.165) is 19.0 Å². The summed E-state index contributed by atoms with van der Waals surface area (Å²) in [4.78, 5) is -0.640. The molecule has 0 atom stereocenters. The first-order valence-electron chi connectivity index (χ1n) is 6.60. The fraction of sp³-hybridized carbons (Fsp3) is 0.538. The Kier molecular flexibility index (Phi) is 6.51. The lowest BCUT2D eigenvalue weighted by atomic mass is 10.2. The predicted molar refractivity (Wildman–Crippen MR) is 73.8 cm³/mol. The van der Waals surface area contributed by atoms with Crippen LogP contribution in [0.25, 0.3) is 0 Å². The molecule has 0 saturated heterocycles. The molecule has 0 aliphatic carbocycles. The molecule has 4 nitrogen and oxygen atoms in total. The standard InChI is InChI=1S/C13H20F2N2O2S/c1-3-5-16-9-10-7-11(14)13(15)12(8-10)20(18,19)17-6-4-2/h7-8,16-17H,3-6,9H2,1-2H3. The maximum atomic E-state index is 13.7. The van der Waals surface area contributed by atoms with E-state index >= 15 is 0 Å². The molecule has 0 aliphatic heterocycles. The minimum atomic E-state index is -4.02. The van der Waals surface area contributed by atoms with Crippen molar-refractivity contribution in [2.24, 2.45) is 0 Å². The quantitative estimate of drug-likeness (QED) is 0.724. The average molecular weight is 306 g/mol. The smallest absolute Gasteiger partial charge is 0.243 e. The number of nitrogens with one attached hydrogen (secondary N) is 2. The fourth-order valence-electron chi connectivity index (χ4n) is 1.64. The molecule has 0 heterocycles. The Hall–Kier alpha value is -1.05. The minimum Gasteiger partial charge on any atom is -0.313 e. The Morgan fingerprint density at radius 3 is 2.35 bits per heavy atom. The van der Waals surface area contributed by atoms with Gasteiger partial charge in [-0.05, 0) is 37.1 Å². The van der Waals surface area contributed by atoms with Crippen molar-refractivity contribution in [1.82, 2.24) is 10.0 Å². The molecule has 0 fully saturated rings. The third kappa shape index (κ3) is 4.50. The third-order valence-electron chi connectivity index (χ3n) is 2.64. The Morgan fingerprint density at radius 2 is 1.75 bits per heavy atom. The summed E-state index contributed by atoms with van der Waals surface area (Å²) in [6.45, 7) is 4.95. The number of sulfonamides is 1. The van der Waals surface area contributed by atoms with Gasteiger partial charge in [-0.15, -0.1) is 0 Å². The molecular formula is C13H20F2N2O2S. The van der Waals surface area contributed by atoms with E-state index < -0.39 is 26.6 Å². The monoisotopic (exact) mass is 306 g/mol. The third-order valence-corrected chi connectivity index (χ3v) is 4.10. The van der Waals surface area contributed by atoms with E-state index in [-0.39, 0.29) is 6.54 Å². The summed E-state index contributed by atoms with van der Waals surface area (Å²) >= 11 is 0. The van der Waals surface area contributed by atoms with E-state index in [2.05, 4.69) is 10.0 Å². The van der Waals surface area contributed by atoms with Gasteiger partial charge in [0, 0.05) is 13.1 Å². The summed E-state index contributed by atoms with van der Waals surface area (Å²) in [5.41, 5.74) is 0.397. The zero-order chi connectivity index (χ0) is 15.2. The molecule has 1 rings (SSSR count). The van der Waals surface area contributed by atoms with Gasteiger partial charge in [-0.25, -0.2) is 21.9 Å². The molecule has 0 saturated carbocycles. The average Bonchev–Trinajstić information content (AvgIpc) is 2.40. The van der Waals surface area contributed by atoms with Gasteiger partial charge in [-0.3, -0.25) is 0 Å². The lowest BCUT2D eigenvalue weighted by Gasteiger charge is -2.10. The number of halogens is 2. The van der Waals surface area contributed by atoms with Crippen LogP contribution in [0.15, 0.2) is 17.0 Å². The highest BCUT2D eigenvalue weighted by molar-refractivity contribution is 7.89. The summed E-state index contributed by atoms with van der Waals surface area (Å²) in [5, 5.41) is 3.02. The zero-order valence-electron chi connectivity index (χ0n) is 11.7. The van der Waals surface area contributed by atoms with Crippen molar-refractivity contribution >= 4 is 10.0 Å². The highest BCUT2D eigenvalue weighted by Crippen LogP contribution is 2.19. The van der Waals surface area contributed by atoms with Crippen LogP contribution in [-0.4, -0.2) is 21.5 Å². The number of rotatable bonds is 8. The predicted octanol–water partition coefficient (Wildman–Crippen LogP) is 2.15. The molecule has 114 valence electrons. The molecule has 2 N–H and O–H groups in total. The molecule has 0 radical (unpaired) electrons. The fourth-order valence-corrected chi connectivity index (χ4v) is 2.91. The highest BCUT2D eigenvalue weighted by atomic mass is 32.2. The van der Waals surface area contributed by atoms with Crippen LogP contribution < -0.4 is 10.0 Å². The van der Waals surface area contributed by atoms with Gasteiger partial charge in [0.25, 0.3) is 0 Å². The molecule has 1 aromatic carbocycles. The number of hydrogen-bond acceptors (Lipinski definition) is 3. The number of benzene rings is 1. The molecule has 0 bridgehead atoms. The van der Waals surface area contributed by atoms with Crippen LogP contribution in [0.2, 0.25) is 0 Å². The maximum Gasteiger partial charge on any atom is 0.243 e. The Balaban J connectivity index is 3.05. The van der Waals surface area contributed by atoms with Crippen LogP contribution in [0.1, 0.15) is 32.3 Å². The van der Waals surface area contributed by atoms with Gasteiger partial charge >= 0.3 is 0 Å². The van der Waals surface area contributed by atoms with Crippen molar-refractivity contribution in [1.29, 1.82) is 0 Å². The van der Waals surface area contributed by atoms with Gasteiger partial charge in [-0.1, -0.05) is 13.8 Å². The second-order valence-electron chi connectivity index (χ2n) is 4.46. The zero-order valence-corrected chi connectivity index (χ0v) is 12.5. The SMILES string of the molecule is CCCNCc1cc(F)c(F)c(S(=O)(=O)NCCC)c1. The van der Waals surface area contributed by atoms with Crippen LogP contribution in [0.5, 0.6) is 0 Å². The van der Waals surface area contributed by atoms with E-state index in [1.807, 2.05) is 6.92 Å². The summed E-state index contributed by atoms with van der Waals surface area (Å²) in [6.07, 6.45) is 1.47. The summed E-state index contributed by atoms with van der Waals surface area (Å²) in [6, 6.07) is 2.18. The van der Waals surface area contributed by atoms with Gasteiger partial charge in [0.15, 0.2) is 11.6 Å². The van der Waals surface area contributed by atoms with Crippen molar-refractivity contribution in [2.45, 2.75) is 38.1 Å². The summed E-state index contributed by atoms with van der Waals surface area (Å²) in [5.74, 6) is -2.49. The van der Waals surface area contributed by atoms with Gasteiger partial charge in [0.2, 0.25) is 10.0 Å². The summed E-state index contributed by atoms with van der Waals surface area (Å²) in [7, 11) is -4.02. The minimum absolute atomic E-state index is 0.182. The Morgan fingerprint density at radius 1 is 1.10 bits per heavy atom. The topological polar surface area (TPSA) is 58.2 Å². The second-order valence-corrected chi connectivity index (χ2v) is 6.20. The molecule has 7 heteroatoms. The molecule has 20 heavy (non-hydrogen) atoms. The van der Waals surface area contributed by atoms with E-state index in [4.69, 9.17) is 0 Å². The van der Waals surface area contributed by atoms with Crippen molar-refractivity contribution in [2.75, 3.05) is 13.1 Å². The van der Waals surface area contributed by atoms with E-state index in [1.165, 1.54) is 6.07 Å². The second kappa shape index (κ2) is 7.66. The summed E-state index contributed by atoms with van der Waals surface area (Å²) < 4.78 is 53.2. The van der Waals surface area contributed by atoms with Crippen LogP contribution in [0.4, 0.5) is 8.78 Å². The van der Waals surface area contributed by atoms with E-state index in [9.17, 15) is 17.2 Å². The van der Waals surface area contributed by atoms with Crippen molar-refractivity contribution in [3.63, 3.8) is 0 Å². The van der Waals surface area contributed by atoms with E-state index in [1.54, 1.807) is 6.92 Å². The molecular weight excluding hydrogens is 286 g/mol. The van der Waals surface area contributed by atoms with Crippen LogP contribution >= 0.6 is 0 Å². The van der Waals surface area contributed by atoms with Gasteiger partial charge in [0.05, 0.1) is 0 Å². The number of hydrogen-bond donors (Lipinski definition) is 2. The first kappa shape index (κ1) is 17.0. The molecule has 1 aromatic rings. The first-order chi connectivity index (χ1) is 9.42. The van der Waals surface area contributed by atoms with Crippen LogP contribution in [0.3, 0.4) is 0 Å². The molecule has 0 aromatic heterocycles. The Labute approximate surface area is 118 Å². The van der Waals surface area contributed by atoms with Crippen molar-refractivity contribution in [3.8, 4) is 0 Å². The molecule has 0 unspecified atom stereocenters. The normalized spacial score (nSPS) is 11.8. The maximum absolute atomic E-state index is 13.7. The van der Waals surface area contributed by atoms with Gasteiger partial charge in [-0.2, -0.15) is 0 Å². The first-order valence-corrected chi connectivity index (χ1v) is 8.09. The Bertz CT molecular complexity index is 548. The van der Waals surface area contributed by atoms with Gasteiger partial charge in [0.1, 0.15) is 4.90 Å². The van der Waals surface area contributed by atoms with Crippen molar-refractivity contribution in [3.05, 3.63) is 29.3 Å². The highest BCUT2D eigenvalue weighted by Gasteiger charge is 2.22. The van der Waals surface area contributed by atoms with E-state index in [0.29, 0.717) is 18.5 Å². The molecule has 0 spiro atoms. The largest absolute Gasteiger partial charge is 0.313 e. The molecule has 0 amide bonds. The lowest BCUT2D eigenvalue weighted by molar-refractivity contribution is 0.480. The van der Waals surface area contributed by atoms with Crippen LogP contribution in [0, 0.1) is 11.6 Å². The van der Waals surface area contributed by atoms with Crippen LogP contribution in [-0.2, 0) is 16.6 Å². The lowest BCUT2D eigenvalue weighted by Crippen LogP contribution is -2.26. The van der Waals surface area contributed by atoms with Gasteiger partial charge < -0.3 is 5.32 Å². The van der Waals surface area contributed by atoms with Crippen molar-refractivity contribution < 1.29 is 17.2 Å².